The fraction of sp³-hybridized carbons (Fsp3) is 0.364. The van der Waals surface area contributed by atoms with Gasteiger partial charge in [0.15, 0.2) is 0 Å². The van der Waals surface area contributed by atoms with Crippen LogP contribution in [0.1, 0.15) is 18.9 Å². The molecule has 1 fully saturated rings. The molecule has 6 heteroatoms. The summed E-state index contributed by atoms with van der Waals surface area (Å²) in [5, 5.41) is 5.79. The molecular weight excluding hydrogens is 356 g/mol. The number of carbonyl (C=O) groups is 2. The molecule has 1 saturated carbocycles. The molecule has 0 aromatic heterocycles. The average molecular weight is 382 g/mol. The Morgan fingerprint density at radius 1 is 1.04 bits per heavy atom. The van der Waals surface area contributed by atoms with Gasteiger partial charge in [-0.3, -0.25) is 9.59 Å². The molecule has 2 amide bonds. The Bertz CT molecular complexity index is 820. The van der Waals surface area contributed by atoms with E-state index >= 15 is 0 Å². The summed E-state index contributed by atoms with van der Waals surface area (Å²) in [6.45, 7) is 3.06. The van der Waals surface area contributed by atoms with Gasteiger partial charge in [0.05, 0.1) is 25.6 Å². The van der Waals surface area contributed by atoms with Crippen LogP contribution in [-0.4, -0.2) is 32.1 Å². The topological polar surface area (TPSA) is 76.7 Å². The van der Waals surface area contributed by atoms with E-state index in [1.165, 1.54) is 0 Å². The Hall–Kier alpha value is -3.02. The van der Waals surface area contributed by atoms with Crippen molar-refractivity contribution in [2.24, 2.45) is 11.8 Å². The van der Waals surface area contributed by atoms with E-state index in [0.29, 0.717) is 25.3 Å². The molecular formula is C22H26N2O4. The van der Waals surface area contributed by atoms with Crippen molar-refractivity contribution >= 4 is 17.5 Å². The summed E-state index contributed by atoms with van der Waals surface area (Å²) in [5.41, 5.74) is 1.80. The zero-order valence-electron chi connectivity index (χ0n) is 16.2. The molecule has 2 aromatic rings. The van der Waals surface area contributed by atoms with E-state index in [1.807, 2.05) is 43.3 Å². The van der Waals surface area contributed by atoms with E-state index in [1.54, 1.807) is 19.2 Å². The van der Waals surface area contributed by atoms with Crippen LogP contribution in [0.5, 0.6) is 11.5 Å². The number of ether oxygens (including phenoxy) is 2. The first kappa shape index (κ1) is 19.7. The number of nitrogens with one attached hydrogen (secondary N) is 2. The van der Waals surface area contributed by atoms with Gasteiger partial charge in [-0.05, 0) is 61.7 Å². The SMILES string of the molecule is CCOc1ccc(NC(=O)C2CC2C(=O)NCCc2cccc(OC)c2)cc1. The van der Waals surface area contributed by atoms with E-state index in [9.17, 15) is 9.59 Å². The summed E-state index contributed by atoms with van der Waals surface area (Å²) in [7, 11) is 1.63. The normalized spacial score (nSPS) is 17.5. The van der Waals surface area contributed by atoms with Gasteiger partial charge in [-0.15, -0.1) is 0 Å². The van der Waals surface area contributed by atoms with Gasteiger partial charge in [0.25, 0.3) is 0 Å². The molecule has 2 atom stereocenters. The summed E-state index contributed by atoms with van der Waals surface area (Å²) < 4.78 is 10.6. The largest absolute Gasteiger partial charge is 0.497 e. The molecule has 0 spiro atoms. The Morgan fingerprint density at radius 2 is 1.79 bits per heavy atom. The third-order valence-electron chi connectivity index (χ3n) is 4.74. The van der Waals surface area contributed by atoms with E-state index in [0.717, 1.165) is 23.5 Å². The molecule has 3 rings (SSSR count). The van der Waals surface area contributed by atoms with Crippen molar-refractivity contribution < 1.29 is 19.1 Å². The number of hydrogen-bond donors (Lipinski definition) is 2. The molecule has 2 unspecified atom stereocenters. The third-order valence-corrected chi connectivity index (χ3v) is 4.74. The van der Waals surface area contributed by atoms with E-state index in [-0.39, 0.29) is 23.7 Å². The molecule has 0 aliphatic heterocycles. The van der Waals surface area contributed by atoms with Gasteiger partial charge in [0, 0.05) is 12.2 Å². The molecule has 6 nitrogen and oxygen atoms in total. The lowest BCUT2D eigenvalue weighted by molar-refractivity contribution is -0.125. The van der Waals surface area contributed by atoms with Crippen LogP contribution in [0.15, 0.2) is 48.5 Å². The van der Waals surface area contributed by atoms with Gasteiger partial charge in [-0.2, -0.15) is 0 Å². The van der Waals surface area contributed by atoms with Crippen LogP contribution in [0.2, 0.25) is 0 Å². The lowest BCUT2D eigenvalue weighted by Crippen LogP contribution is -2.29. The maximum absolute atomic E-state index is 12.3. The molecule has 0 saturated heterocycles. The Kier molecular flexibility index (Phi) is 6.53. The standard InChI is InChI=1S/C22H26N2O4/c1-3-28-17-9-7-16(8-10-17)24-22(26)20-14-19(20)21(25)23-12-11-15-5-4-6-18(13-15)27-2/h4-10,13,19-20H,3,11-12,14H2,1-2H3,(H,23,25)(H,24,26). The Balaban J connectivity index is 1.41. The second-order valence-electron chi connectivity index (χ2n) is 6.79. The first-order chi connectivity index (χ1) is 13.6. The molecule has 0 radical (unpaired) electrons. The van der Waals surface area contributed by atoms with E-state index in [2.05, 4.69) is 10.6 Å². The van der Waals surface area contributed by atoms with Gasteiger partial charge in [-0.1, -0.05) is 12.1 Å². The number of rotatable bonds is 9. The summed E-state index contributed by atoms with van der Waals surface area (Å²) >= 11 is 0. The smallest absolute Gasteiger partial charge is 0.228 e. The van der Waals surface area contributed by atoms with Crippen molar-refractivity contribution in [2.45, 2.75) is 19.8 Å². The van der Waals surface area contributed by atoms with Gasteiger partial charge < -0.3 is 20.1 Å². The van der Waals surface area contributed by atoms with Crippen molar-refractivity contribution in [1.29, 1.82) is 0 Å². The second-order valence-corrected chi connectivity index (χ2v) is 6.79. The summed E-state index contributed by atoms with van der Waals surface area (Å²) in [6.07, 6.45) is 1.31. The highest BCUT2D eigenvalue weighted by atomic mass is 16.5. The molecule has 28 heavy (non-hydrogen) atoms. The summed E-state index contributed by atoms with van der Waals surface area (Å²) in [4.78, 5) is 24.6. The van der Waals surface area contributed by atoms with E-state index < -0.39 is 0 Å². The lowest BCUT2D eigenvalue weighted by atomic mass is 10.1. The van der Waals surface area contributed by atoms with Crippen LogP contribution in [0.25, 0.3) is 0 Å². The number of amides is 2. The van der Waals surface area contributed by atoms with Gasteiger partial charge in [0.2, 0.25) is 11.8 Å². The zero-order valence-corrected chi connectivity index (χ0v) is 16.2. The first-order valence-electron chi connectivity index (χ1n) is 9.55. The fourth-order valence-corrected chi connectivity index (χ4v) is 3.10. The van der Waals surface area contributed by atoms with Crippen molar-refractivity contribution in [3.63, 3.8) is 0 Å². The fourth-order valence-electron chi connectivity index (χ4n) is 3.10. The first-order valence-corrected chi connectivity index (χ1v) is 9.55. The van der Waals surface area contributed by atoms with Gasteiger partial charge >= 0.3 is 0 Å². The molecule has 2 aromatic carbocycles. The molecule has 1 aliphatic rings. The highest BCUT2D eigenvalue weighted by molar-refractivity contribution is 5.99. The molecule has 0 bridgehead atoms. The van der Waals surface area contributed by atoms with Crippen LogP contribution in [-0.2, 0) is 16.0 Å². The highest BCUT2D eigenvalue weighted by Gasteiger charge is 2.47. The van der Waals surface area contributed by atoms with Crippen molar-refractivity contribution in [3.8, 4) is 11.5 Å². The van der Waals surface area contributed by atoms with Gasteiger partial charge in [0.1, 0.15) is 11.5 Å². The van der Waals surface area contributed by atoms with Crippen LogP contribution >= 0.6 is 0 Å². The average Bonchev–Trinajstić information content (AvgIpc) is 3.51. The number of carbonyl (C=O) groups excluding carboxylic acids is 2. The predicted molar refractivity (Wildman–Crippen MR) is 108 cm³/mol. The molecule has 148 valence electrons. The number of hydrogen-bond acceptors (Lipinski definition) is 4. The van der Waals surface area contributed by atoms with Crippen molar-refractivity contribution in [2.75, 3.05) is 25.6 Å². The van der Waals surface area contributed by atoms with Gasteiger partial charge in [-0.25, -0.2) is 0 Å². The Morgan fingerprint density at radius 3 is 2.50 bits per heavy atom. The van der Waals surface area contributed by atoms with Crippen LogP contribution < -0.4 is 20.1 Å². The minimum Gasteiger partial charge on any atom is -0.497 e. The van der Waals surface area contributed by atoms with Crippen LogP contribution in [0.4, 0.5) is 5.69 Å². The van der Waals surface area contributed by atoms with E-state index in [4.69, 9.17) is 9.47 Å². The van der Waals surface area contributed by atoms with Crippen LogP contribution in [0, 0.1) is 11.8 Å². The van der Waals surface area contributed by atoms with Crippen molar-refractivity contribution in [1.82, 2.24) is 5.32 Å². The quantitative estimate of drug-likeness (QED) is 0.699. The minimum atomic E-state index is -0.261. The minimum absolute atomic E-state index is 0.0604. The summed E-state index contributed by atoms with van der Waals surface area (Å²) in [5.74, 6) is 0.889. The molecule has 0 heterocycles. The lowest BCUT2D eigenvalue weighted by Gasteiger charge is -2.08. The third kappa shape index (κ3) is 5.25. The maximum Gasteiger partial charge on any atom is 0.228 e. The number of benzene rings is 2. The predicted octanol–water partition coefficient (Wildman–Crippen LogP) is 3.03. The highest BCUT2D eigenvalue weighted by Crippen LogP contribution is 2.39. The summed E-state index contributed by atoms with van der Waals surface area (Å²) in [6, 6.07) is 15.0. The zero-order chi connectivity index (χ0) is 19.9. The Labute approximate surface area is 165 Å². The van der Waals surface area contributed by atoms with Crippen LogP contribution in [0.3, 0.4) is 0 Å². The monoisotopic (exact) mass is 382 g/mol. The van der Waals surface area contributed by atoms with Crippen molar-refractivity contribution in [3.05, 3.63) is 54.1 Å². The number of methoxy groups -OCH3 is 1. The second kappa shape index (κ2) is 9.26. The molecule has 1 aliphatic carbocycles. The molecule has 2 N–H and O–H groups in total. The maximum atomic E-state index is 12.3. The number of anilines is 1.